The summed E-state index contributed by atoms with van der Waals surface area (Å²) in [6, 6.07) is 3.27. The van der Waals surface area contributed by atoms with Crippen LogP contribution in [0.1, 0.15) is 45.1 Å². The van der Waals surface area contributed by atoms with E-state index in [1.807, 2.05) is 0 Å². The summed E-state index contributed by atoms with van der Waals surface area (Å²) >= 11 is 0. The third kappa shape index (κ3) is 5.85. The first-order valence-electron chi connectivity index (χ1n) is 7.83. The van der Waals surface area contributed by atoms with Gasteiger partial charge in [-0.1, -0.05) is 26.2 Å². The molecule has 0 aromatic heterocycles. The van der Waals surface area contributed by atoms with E-state index < -0.39 is 0 Å². The van der Waals surface area contributed by atoms with Gasteiger partial charge in [-0.3, -0.25) is 0 Å². The van der Waals surface area contributed by atoms with Crippen LogP contribution in [0.2, 0.25) is 0 Å². The molecule has 0 aliphatic carbocycles. The number of benzene rings is 1. The summed E-state index contributed by atoms with van der Waals surface area (Å²) in [6.07, 6.45) is 5.93. The minimum atomic E-state index is -0.340. The maximum atomic E-state index is 12.0. The van der Waals surface area contributed by atoms with Crippen LogP contribution < -0.4 is 9.47 Å². The average Bonchev–Trinajstić information content (AvgIpc) is 2.55. The molecule has 0 radical (unpaired) electrons. The maximum Gasteiger partial charge on any atom is 0.333 e. The van der Waals surface area contributed by atoms with E-state index in [0.717, 1.165) is 25.7 Å². The van der Waals surface area contributed by atoms with Crippen LogP contribution in [0.4, 0.5) is 0 Å². The van der Waals surface area contributed by atoms with Crippen molar-refractivity contribution >= 4 is 12.0 Å². The number of unbranched alkanes of at least 4 members (excludes halogenated alkanes) is 3. The van der Waals surface area contributed by atoms with E-state index in [-0.39, 0.29) is 23.2 Å². The quantitative estimate of drug-likeness (QED) is 0.424. The molecule has 0 bridgehead atoms. The van der Waals surface area contributed by atoms with Gasteiger partial charge >= 0.3 is 5.97 Å². The lowest BCUT2D eigenvalue weighted by Gasteiger charge is -2.10. The monoisotopic (exact) mass is 322 g/mol. The summed E-state index contributed by atoms with van der Waals surface area (Å²) in [5, 5.41) is 9.88. The molecule has 0 heterocycles. The number of aromatic hydroxyl groups is 1. The van der Waals surface area contributed by atoms with Crippen LogP contribution >= 0.6 is 0 Å². The van der Waals surface area contributed by atoms with Gasteiger partial charge in [-0.2, -0.15) is 0 Å². The highest BCUT2D eigenvalue weighted by Gasteiger charge is 2.12. The summed E-state index contributed by atoms with van der Waals surface area (Å²) in [5.41, 5.74) is 1.17. The third-order valence-electron chi connectivity index (χ3n) is 3.44. The zero-order valence-corrected chi connectivity index (χ0v) is 14.3. The molecule has 5 nitrogen and oxygen atoms in total. The van der Waals surface area contributed by atoms with Crippen molar-refractivity contribution in [1.29, 1.82) is 0 Å². The highest BCUT2D eigenvalue weighted by atomic mass is 16.5. The summed E-state index contributed by atoms with van der Waals surface area (Å²) in [6.45, 7) is 4.27. The van der Waals surface area contributed by atoms with Gasteiger partial charge in [0, 0.05) is 5.57 Å². The fourth-order valence-corrected chi connectivity index (χ4v) is 2.11. The molecule has 1 rings (SSSR count). The van der Waals surface area contributed by atoms with Crippen LogP contribution in [0.5, 0.6) is 17.2 Å². The van der Waals surface area contributed by atoms with Crippen molar-refractivity contribution in [2.24, 2.45) is 0 Å². The number of phenolic OH excluding ortho intramolecular Hbond substituents is 1. The normalized spacial score (nSPS) is 11.2. The second-order valence-electron chi connectivity index (χ2n) is 5.30. The lowest BCUT2D eigenvalue weighted by atomic mass is 10.1. The Bertz CT molecular complexity index is 523. The van der Waals surface area contributed by atoms with Crippen LogP contribution in [0.25, 0.3) is 6.08 Å². The first-order chi connectivity index (χ1) is 11.0. The van der Waals surface area contributed by atoms with E-state index in [0.29, 0.717) is 17.7 Å². The van der Waals surface area contributed by atoms with Crippen molar-refractivity contribution in [2.75, 3.05) is 20.8 Å². The number of carbonyl (C=O) groups excluding carboxylic acids is 1. The Morgan fingerprint density at radius 2 is 1.74 bits per heavy atom. The molecule has 0 saturated carbocycles. The lowest BCUT2D eigenvalue weighted by Crippen LogP contribution is -2.07. The number of rotatable bonds is 9. The molecule has 5 heteroatoms. The molecule has 0 aliphatic heterocycles. The van der Waals surface area contributed by atoms with Gasteiger partial charge in [0.05, 0.1) is 20.8 Å². The van der Waals surface area contributed by atoms with E-state index in [1.165, 1.54) is 14.2 Å². The van der Waals surface area contributed by atoms with Gasteiger partial charge < -0.3 is 19.3 Å². The topological polar surface area (TPSA) is 65.0 Å². The van der Waals surface area contributed by atoms with E-state index in [9.17, 15) is 9.90 Å². The Hall–Kier alpha value is -2.17. The van der Waals surface area contributed by atoms with Gasteiger partial charge in [0.2, 0.25) is 5.75 Å². The van der Waals surface area contributed by atoms with Gasteiger partial charge in [-0.25, -0.2) is 4.79 Å². The molecule has 0 fully saturated rings. The smallest absolute Gasteiger partial charge is 0.333 e. The van der Waals surface area contributed by atoms with Gasteiger partial charge in [0.15, 0.2) is 11.5 Å². The largest absolute Gasteiger partial charge is 0.502 e. The highest BCUT2D eigenvalue weighted by Crippen LogP contribution is 2.37. The Labute approximate surface area is 137 Å². The highest BCUT2D eigenvalue weighted by molar-refractivity contribution is 5.93. The standard InChI is InChI=1S/C18H26O5/c1-5-6-7-8-9-23-18(20)13(2)10-14-11-15(21-3)17(19)16(12-14)22-4/h10-12,19H,5-9H2,1-4H3/b13-10+. The molecule has 1 aromatic carbocycles. The predicted octanol–water partition coefficient (Wildman–Crippen LogP) is 3.94. The number of ether oxygens (including phenoxy) is 3. The molecule has 128 valence electrons. The summed E-state index contributed by atoms with van der Waals surface area (Å²) in [5.74, 6) is 0.170. The third-order valence-corrected chi connectivity index (χ3v) is 3.44. The Morgan fingerprint density at radius 3 is 2.26 bits per heavy atom. The van der Waals surface area contributed by atoms with Gasteiger partial charge in [-0.05, 0) is 37.1 Å². The molecule has 23 heavy (non-hydrogen) atoms. The average molecular weight is 322 g/mol. The van der Waals surface area contributed by atoms with Crippen LogP contribution in [0.15, 0.2) is 17.7 Å². The van der Waals surface area contributed by atoms with Crippen LogP contribution in [-0.4, -0.2) is 31.9 Å². The second kappa shape index (κ2) is 9.77. The maximum absolute atomic E-state index is 12.0. The summed E-state index contributed by atoms with van der Waals surface area (Å²) in [4.78, 5) is 12.0. The number of hydrogen-bond donors (Lipinski definition) is 1. The van der Waals surface area contributed by atoms with E-state index in [4.69, 9.17) is 14.2 Å². The molecule has 1 N–H and O–H groups in total. The van der Waals surface area contributed by atoms with Crippen molar-refractivity contribution < 1.29 is 24.1 Å². The molecule has 0 spiro atoms. The first-order valence-corrected chi connectivity index (χ1v) is 7.83. The van der Waals surface area contributed by atoms with E-state index in [2.05, 4.69) is 6.92 Å². The fraction of sp³-hybridized carbons (Fsp3) is 0.500. The second-order valence-corrected chi connectivity index (χ2v) is 5.30. The Kier molecular flexibility index (Phi) is 8.02. The summed E-state index contributed by atoms with van der Waals surface area (Å²) < 4.78 is 15.4. The van der Waals surface area contributed by atoms with Gasteiger partial charge in [0.25, 0.3) is 0 Å². The van der Waals surface area contributed by atoms with Crippen LogP contribution in [0.3, 0.4) is 0 Å². The molecular formula is C18H26O5. The zero-order chi connectivity index (χ0) is 17.2. The minimum Gasteiger partial charge on any atom is -0.502 e. The molecule has 0 atom stereocenters. The van der Waals surface area contributed by atoms with Crippen molar-refractivity contribution in [3.8, 4) is 17.2 Å². The van der Waals surface area contributed by atoms with Crippen LogP contribution in [-0.2, 0) is 9.53 Å². The molecule has 0 unspecified atom stereocenters. The number of hydrogen-bond acceptors (Lipinski definition) is 5. The molecule has 0 amide bonds. The van der Waals surface area contributed by atoms with Crippen LogP contribution in [0, 0.1) is 0 Å². The van der Waals surface area contributed by atoms with Crippen molar-refractivity contribution in [2.45, 2.75) is 39.5 Å². The number of carbonyl (C=O) groups is 1. The van der Waals surface area contributed by atoms with E-state index in [1.54, 1.807) is 25.1 Å². The molecule has 0 aliphatic rings. The molecule has 1 aromatic rings. The molecule has 0 saturated heterocycles. The SMILES string of the molecule is CCCCCCOC(=O)/C(C)=C/c1cc(OC)c(O)c(OC)c1. The predicted molar refractivity (Wildman–Crippen MR) is 90.0 cm³/mol. The Balaban J connectivity index is 2.75. The fourth-order valence-electron chi connectivity index (χ4n) is 2.11. The van der Waals surface area contributed by atoms with E-state index >= 15 is 0 Å². The number of methoxy groups -OCH3 is 2. The number of phenols is 1. The summed E-state index contributed by atoms with van der Waals surface area (Å²) in [7, 11) is 2.92. The first kappa shape index (κ1) is 18.9. The van der Waals surface area contributed by atoms with Gasteiger partial charge in [0.1, 0.15) is 0 Å². The lowest BCUT2D eigenvalue weighted by molar-refractivity contribution is -0.139. The molecular weight excluding hydrogens is 296 g/mol. The van der Waals surface area contributed by atoms with Crippen molar-refractivity contribution in [1.82, 2.24) is 0 Å². The van der Waals surface area contributed by atoms with Gasteiger partial charge in [-0.15, -0.1) is 0 Å². The van der Waals surface area contributed by atoms with Crippen molar-refractivity contribution in [3.63, 3.8) is 0 Å². The Morgan fingerprint density at radius 1 is 1.13 bits per heavy atom. The zero-order valence-electron chi connectivity index (χ0n) is 14.3. The minimum absolute atomic E-state index is 0.0664. The number of esters is 1. The van der Waals surface area contributed by atoms with Crippen molar-refractivity contribution in [3.05, 3.63) is 23.3 Å².